The molecule has 21 heavy (non-hydrogen) atoms. The summed E-state index contributed by atoms with van der Waals surface area (Å²) in [5.74, 6) is -0.342. The van der Waals surface area contributed by atoms with Crippen LogP contribution >= 0.6 is 23.2 Å². The fraction of sp³-hybridized carbons (Fsp3) is 0.0625. The molecule has 0 unspecified atom stereocenters. The molecule has 0 saturated heterocycles. The van der Waals surface area contributed by atoms with Gasteiger partial charge in [-0.1, -0.05) is 41.4 Å². The van der Waals surface area contributed by atoms with Gasteiger partial charge in [0.1, 0.15) is 12.4 Å². The molecular weight excluding hydrogens is 311 g/mol. The SMILES string of the molecule is O=C(O)/C=C\c1cccc(OCc2ccc(Cl)c(Cl)c2)c1. The van der Waals surface area contributed by atoms with E-state index >= 15 is 0 Å². The molecule has 0 amide bonds. The first-order valence-corrected chi connectivity index (χ1v) is 6.88. The monoisotopic (exact) mass is 322 g/mol. The quantitative estimate of drug-likeness (QED) is 0.813. The first-order chi connectivity index (χ1) is 10.0. The third kappa shape index (κ3) is 4.81. The van der Waals surface area contributed by atoms with Gasteiger partial charge in [-0.3, -0.25) is 0 Å². The lowest BCUT2D eigenvalue weighted by atomic mass is 10.2. The van der Waals surface area contributed by atoms with Crippen LogP contribution in [-0.4, -0.2) is 11.1 Å². The Kier molecular flexibility index (Phi) is 5.26. The van der Waals surface area contributed by atoms with Crippen LogP contribution in [0.4, 0.5) is 0 Å². The van der Waals surface area contributed by atoms with Gasteiger partial charge < -0.3 is 9.84 Å². The highest BCUT2D eigenvalue weighted by molar-refractivity contribution is 6.42. The van der Waals surface area contributed by atoms with Crippen molar-refractivity contribution in [3.05, 3.63) is 69.7 Å². The van der Waals surface area contributed by atoms with Gasteiger partial charge in [-0.05, 0) is 41.5 Å². The van der Waals surface area contributed by atoms with E-state index in [1.165, 1.54) is 6.08 Å². The maximum absolute atomic E-state index is 10.5. The van der Waals surface area contributed by atoms with Gasteiger partial charge in [-0.15, -0.1) is 0 Å². The van der Waals surface area contributed by atoms with E-state index < -0.39 is 5.97 Å². The average molecular weight is 323 g/mol. The van der Waals surface area contributed by atoms with Gasteiger partial charge in [-0.2, -0.15) is 0 Å². The minimum absolute atomic E-state index is 0.350. The second kappa shape index (κ2) is 7.16. The van der Waals surface area contributed by atoms with Gasteiger partial charge in [0.2, 0.25) is 0 Å². The van der Waals surface area contributed by atoms with Gasteiger partial charge >= 0.3 is 5.97 Å². The van der Waals surface area contributed by atoms with E-state index in [0.29, 0.717) is 22.4 Å². The number of carboxylic acids is 1. The van der Waals surface area contributed by atoms with E-state index in [1.807, 2.05) is 6.07 Å². The van der Waals surface area contributed by atoms with E-state index in [2.05, 4.69) is 0 Å². The number of halogens is 2. The van der Waals surface area contributed by atoms with Gasteiger partial charge in [-0.25, -0.2) is 4.79 Å². The van der Waals surface area contributed by atoms with Crippen molar-refractivity contribution in [2.75, 3.05) is 0 Å². The number of hydrogen-bond acceptors (Lipinski definition) is 2. The molecule has 0 aliphatic carbocycles. The number of hydrogen-bond donors (Lipinski definition) is 1. The molecule has 2 aromatic rings. The Labute approximate surface area is 132 Å². The fourth-order valence-electron chi connectivity index (χ4n) is 1.67. The number of carboxylic acid groups (broad SMARTS) is 1. The lowest BCUT2D eigenvalue weighted by Crippen LogP contribution is -1.95. The summed E-state index contributed by atoms with van der Waals surface area (Å²) >= 11 is 11.8. The third-order valence-corrected chi connectivity index (χ3v) is 3.40. The Morgan fingerprint density at radius 2 is 1.95 bits per heavy atom. The molecule has 0 spiro atoms. The molecule has 0 bridgehead atoms. The molecule has 108 valence electrons. The van der Waals surface area contributed by atoms with Crippen LogP contribution in [0, 0.1) is 0 Å². The molecule has 0 fully saturated rings. The van der Waals surface area contributed by atoms with Crippen LogP contribution < -0.4 is 4.74 Å². The maximum Gasteiger partial charge on any atom is 0.328 e. The summed E-state index contributed by atoms with van der Waals surface area (Å²) < 4.78 is 5.65. The highest BCUT2D eigenvalue weighted by Crippen LogP contribution is 2.23. The van der Waals surface area contributed by atoms with Crippen LogP contribution in [0.15, 0.2) is 48.5 Å². The highest BCUT2D eigenvalue weighted by Gasteiger charge is 2.01. The average Bonchev–Trinajstić information content (AvgIpc) is 2.47. The molecule has 0 saturated carbocycles. The van der Waals surface area contributed by atoms with E-state index in [9.17, 15) is 4.79 Å². The molecule has 0 radical (unpaired) electrons. The Bertz CT molecular complexity index is 681. The number of benzene rings is 2. The summed E-state index contributed by atoms with van der Waals surface area (Å²) in [6, 6.07) is 12.5. The third-order valence-electron chi connectivity index (χ3n) is 2.67. The minimum atomic E-state index is -0.989. The summed E-state index contributed by atoms with van der Waals surface area (Å²) in [7, 11) is 0. The first-order valence-electron chi connectivity index (χ1n) is 6.12. The van der Waals surface area contributed by atoms with Crippen molar-refractivity contribution < 1.29 is 14.6 Å². The Balaban J connectivity index is 2.04. The van der Waals surface area contributed by atoms with Crippen molar-refractivity contribution >= 4 is 35.2 Å². The van der Waals surface area contributed by atoms with Crippen molar-refractivity contribution in [3.8, 4) is 5.75 Å². The standard InChI is InChI=1S/C16H12Cl2O3/c17-14-6-4-12(9-15(14)18)10-21-13-3-1-2-11(8-13)5-7-16(19)20/h1-9H,10H2,(H,19,20)/b7-5-. The summed E-state index contributed by atoms with van der Waals surface area (Å²) in [5.41, 5.74) is 1.65. The molecular formula is C16H12Cl2O3. The highest BCUT2D eigenvalue weighted by atomic mass is 35.5. The topological polar surface area (TPSA) is 46.5 Å². The van der Waals surface area contributed by atoms with Gasteiger partial charge in [0.05, 0.1) is 10.0 Å². The Morgan fingerprint density at radius 1 is 1.14 bits per heavy atom. The number of carbonyl (C=O) groups is 1. The lowest BCUT2D eigenvalue weighted by Gasteiger charge is -2.08. The fourth-order valence-corrected chi connectivity index (χ4v) is 1.99. The van der Waals surface area contributed by atoms with Crippen molar-refractivity contribution in [2.45, 2.75) is 6.61 Å². The van der Waals surface area contributed by atoms with Gasteiger partial charge in [0.15, 0.2) is 0 Å². The molecule has 0 aromatic heterocycles. The van der Waals surface area contributed by atoms with Crippen LogP contribution in [0.3, 0.4) is 0 Å². The van der Waals surface area contributed by atoms with Crippen molar-refractivity contribution in [2.24, 2.45) is 0 Å². The largest absolute Gasteiger partial charge is 0.489 e. The second-order valence-electron chi connectivity index (χ2n) is 4.28. The number of aliphatic carboxylic acids is 1. The molecule has 0 aliphatic rings. The molecule has 1 N–H and O–H groups in total. The summed E-state index contributed by atoms with van der Waals surface area (Å²) in [6.45, 7) is 0.350. The van der Waals surface area contributed by atoms with E-state index in [-0.39, 0.29) is 0 Å². The number of rotatable bonds is 5. The zero-order valence-corrected chi connectivity index (χ0v) is 12.4. The molecule has 0 aliphatic heterocycles. The van der Waals surface area contributed by atoms with Crippen molar-refractivity contribution in [1.29, 1.82) is 0 Å². The normalized spacial score (nSPS) is 10.8. The van der Waals surface area contributed by atoms with Gasteiger partial charge in [0.25, 0.3) is 0 Å². The molecule has 3 nitrogen and oxygen atoms in total. The zero-order chi connectivity index (χ0) is 15.2. The summed E-state index contributed by atoms with van der Waals surface area (Å²) in [4.78, 5) is 10.5. The van der Waals surface area contributed by atoms with Crippen molar-refractivity contribution in [1.82, 2.24) is 0 Å². The smallest absolute Gasteiger partial charge is 0.328 e. The maximum atomic E-state index is 10.5. The van der Waals surface area contributed by atoms with Crippen LogP contribution in [0.25, 0.3) is 6.08 Å². The lowest BCUT2D eigenvalue weighted by molar-refractivity contribution is -0.131. The van der Waals surface area contributed by atoms with Crippen molar-refractivity contribution in [3.63, 3.8) is 0 Å². The second-order valence-corrected chi connectivity index (χ2v) is 5.10. The summed E-state index contributed by atoms with van der Waals surface area (Å²) in [6.07, 6.45) is 2.59. The van der Waals surface area contributed by atoms with Gasteiger partial charge in [0, 0.05) is 6.08 Å². The predicted molar refractivity (Wildman–Crippen MR) is 83.9 cm³/mol. The molecule has 2 rings (SSSR count). The van der Waals surface area contributed by atoms with E-state index in [4.69, 9.17) is 33.0 Å². The molecule has 5 heteroatoms. The van der Waals surface area contributed by atoms with E-state index in [0.717, 1.165) is 17.2 Å². The minimum Gasteiger partial charge on any atom is -0.489 e. The molecule has 2 aromatic carbocycles. The predicted octanol–water partition coefficient (Wildman–Crippen LogP) is 4.67. The van der Waals surface area contributed by atoms with Crippen LogP contribution in [0.2, 0.25) is 10.0 Å². The van der Waals surface area contributed by atoms with Crippen LogP contribution in [-0.2, 0) is 11.4 Å². The molecule has 0 heterocycles. The Morgan fingerprint density at radius 3 is 2.67 bits per heavy atom. The van der Waals surface area contributed by atoms with Crippen LogP contribution in [0.1, 0.15) is 11.1 Å². The zero-order valence-electron chi connectivity index (χ0n) is 10.9. The van der Waals surface area contributed by atoms with Crippen LogP contribution in [0.5, 0.6) is 5.75 Å². The van der Waals surface area contributed by atoms with E-state index in [1.54, 1.807) is 36.4 Å². The number of ether oxygens (including phenoxy) is 1. The first kappa shape index (κ1) is 15.4. The molecule has 0 atom stereocenters. The summed E-state index contributed by atoms with van der Waals surface area (Å²) in [5, 5.41) is 9.59. The Hall–Kier alpha value is -1.97.